The maximum atomic E-state index is 12.5. The Labute approximate surface area is 126 Å². The summed E-state index contributed by atoms with van der Waals surface area (Å²) >= 11 is 5.90. The average Bonchev–Trinajstić information content (AvgIpc) is 2.44. The van der Waals surface area contributed by atoms with E-state index in [2.05, 4.69) is 5.32 Å². The van der Waals surface area contributed by atoms with Crippen LogP contribution in [0.1, 0.15) is 29.7 Å². The van der Waals surface area contributed by atoms with E-state index in [0.29, 0.717) is 11.6 Å². The topological polar surface area (TPSA) is 12.0 Å². The van der Waals surface area contributed by atoms with Crippen LogP contribution >= 0.6 is 11.6 Å². The van der Waals surface area contributed by atoms with E-state index in [9.17, 15) is 13.2 Å². The molecule has 1 nitrogen and oxygen atoms in total. The molecule has 0 aliphatic carbocycles. The monoisotopic (exact) mass is 313 g/mol. The van der Waals surface area contributed by atoms with E-state index in [0.717, 1.165) is 23.3 Å². The number of hydrogen-bond donors (Lipinski definition) is 1. The standard InChI is InChI=1S/C16H15ClF3N/c1-11(21-10-12-3-2-4-15(17)9-12)13-5-7-14(8-6-13)16(18,19)20/h2-9,11,21H,10H2,1H3. The third kappa shape index (κ3) is 4.48. The van der Waals surface area contributed by atoms with E-state index in [-0.39, 0.29) is 6.04 Å². The molecule has 0 bridgehead atoms. The Morgan fingerprint density at radius 1 is 1.10 bits per heavy atom. The van der Waals surface area contributed by atoms with Gasteiger partial charge in [-0.1, -0.05) is 35.9 Å². The van der Waals surface area contributed by atoms with Crippen molar-refractivity contribution in [3.8, 4) is 0 Å². The third-order valence-corrected chi connectivity index (χ3v) is 3.47. The molecule has 1 unspecified atom stereocenters. The van der Waals surface area contributed by atoms with Gasteiger partial charge in [0.1, 0.15) is 0 Å². The fourth-order valence-electron chi connectivity index (χ4n) is 2.00. The lowest BCUT2D eigenvalue weighted by Gasteiger charge is -2.15. The Morgan fingerprint density at radius 3 is 2.33 bits per heavy atom. The summed E-state index contributed by atoms with van der Waals surface area (Å²) < 4.78 is 37.5. The number of nitrogens with one attached hydrogen (secondary N) is 1. The molecule has 0 heterocycles. The first-order chi connectivity index (χ1) is 9.86. The zero-order chi connectivity index (χ0) is 15.5. The Morgan fingerprint density at radius 2 is 1.76 bits per heavy atom. The second-order valence-corrected chi connectivity index (χ2v) is 5.29. The van der Waals surface area contributed by atoms with Crippen molar-refractivity contribution in [3.05, 3.63) is 70.2 Å². The lowest BCUT2D eigenvalue weighted by Crippen LogP contribution is -2.18. The Hall–Kier alpha value is -1.52. The van der Waals surface area contributed by atoms with E-state index in [4.69, 9.17) is 11.6 Å². The molecule has 112 valence electrons. The van der Waals surface area contributed by atoms with Crippen LogP contribution in [0.2, 0.25) is 5.02 Å². The lowest BCUT2D eigenvalue weighted by atomic mass is 10.1. The molecule has 2 aromatic carbocycles. The van der Waals surface area contributed by atoms with E-state index in [1.165, 1.54) is 12.1 Å². The van der Waals surface area contributed by atoms with Crippen LogP contribution in [0.5, 0.6) is 0 Å². The molecule has 21 heavy (non-hydrogen) atoms. The highest BCUT2D eigenvalue weighted by molar-refractivity contribution is 6.30. The van der Waals surface area contributed by atoms with Gasteiger partial charge in [0.25, 0.3) is 0 Å². The van der Waals surface area contributed by atoms with Crippen molar-refractivity contribution in [2.24, 2.45) is 0 Å². The SMILES string of the molecule is CC(NCc1cccc(Cl)c1)c1ccc(C(F)(F)F)cc1. The van der Waals surface area contributed by atoms with Gasteiger partial charge in [-0.2, -0.15) is 13.2 Å². The van der Waals surface area contributed by atoms with Gasteiger partial charge in [-0.25, -0.2) is 0 Å². The first-order valence-corrected chi connectivity index (χ1v) is 6.89. The molecule has 0 spiro atoms. The summed E-state index contributed by atoms with van der Waals surface area (Å²) in [5, 5.41) is 3.92. The van der Waals surface area contributed by atoms with Crippen molar-refractivity contribution in [3.63, 3.8) is 0 Å². The minimum Gasteiger partial charge on any atom is -0.306 e. The van der Waals surface area contributed by atoms with Gasteiger partial charge in [-0.15, -0.1) is 0 Å². The quantitative estimate of drug-likeness (QED) is 0.817. The molecule has 2 aromatic rings. The summed E-state index contributed by atoms with van der Waals surface area (Å²) in [6.45, 7) is 2.51. The summed E-state index contributed by atoms with van der Waals surface area (Å²) in [6, 6.07) is 12.6. The number of alkyl halides is 3. The fraction of sp³-hybridized carbons (Fsp3) is 0.250. The predicted molar refractivity (Wildman–Crippen MR) is 78.2 cm³/mol. The van der Waals surface area contributed by atoms with Gasteiger partial charge in [0, 0.05) is 17.6 Å². The average molecular weight is 314 g/mol. The lowest BCUT2D eigenvalue weighted by molar-refractivity contribution is -0.137. The van der Waals surface area contributed by atoms with Gasteiger partial charge >= 0.3 is 6.18 Å². The molecule has 0 saturated carbocycles. The third-order valence-electron chi connectivity index (χ3n) is 3.24. The molecule has 0 radical (unpaired) electrons. The van der Waals surface area contributed by atoms with Gasteiger partial charge in [0.2, 0.25) is 0 Å². The van der Waals surface area contributed by atoms with Gasteiger partial charge in [-0.05, 0) is 42.3 Å². The van der Waals surface area contributed by atoms with Gasteiger partial charge in [0.05, 0.1) is 5.56 Å². The molecule has 1 N–H and O–H groups in total. The molecule has 2 rings (SSSR count). The van der Waals surface area contributed by atoms with Crippen molar-refractivity contribution in [2.45, 2.75) is 25.7 Å². The molecule has 0 fully saturated rings. The van der Waals surface area contributed by atoms with Crippen LogP contribution in [0.4, 0.5) is 13.2 Å². The highest BCUT2D eigenvalue weighted by atomic mass is 35.5. The number of hydrogen-bond acceptors (Lipinski definition) is 1. The minimum absolute atomic E-state index is 0.0498. The zero-order valence-corrected chi connectivity index (χ0v) is 12.2. The van der Waals surface area contributed by atoms with Crippen LogP contribution in [-0.4, -0.2) is 0 Å². The normalized spacial score (nSPS) is 13.2. The molecular formula is C16H15ClF3N. The van der Waals surface area contributed by atoms with Crippen molar-refractivity contribution >= 4 is 11.6 Å². The zero-order valence-electron chi connectivity index (χ0n) is 11.4. The van der Waals surface area contributed by atoms with Crippen molar-refractivity contribution in [1.29, 1.82) is 0 Å². The van der Waals surface area contributed by atoms with E-state index in [1.54, 1.807) is 6.07 Å². The van der Waals surface area contributed by atoms with Crippen LogP contribution in [0, 0.1) is 0 Å². The molecule has 0 aromatic heterocycles. The van der Waals surface area contributed by atoms with E-state index < -0.39 is 11.7 Å². The maximum absolute atomic E-state index is 12.5. The highest BCUT2D eigenvalue weighted by Crippen LogP contribution is 2.29. The smallest absolute Gasteiger partial charge is 0.306 e. The Kier molecular flexibility index (Phi) is 4.91. The van der Waals surface area contributed by atoms with E-state index in [1.807, 2.05) is 25.1 Å². The highest BCUT2D eigenvalue weighted by Gasteiger charge is 2.30. The predicted octanol–water partition coefficient (Wildman–Crippen LogP) is 5.21. The second-order valence-electron chi connectivity index (χ2n) is 4.85. The summed E-state index contributed by atoms with van der Waals surface area (Å²) in [5.41, 5.74) is 1.21. The molecule has 0 amide bonds. The molecule has 0 saturated heterocycles. The summed E-state index contributed by atoms with van der Waals surface area (Å²) in [4.78, 5) is 0. The van der Waals surface area contributed by atoms with Gasteiger partial charge in [0.15, 0.2) is 0 Å². The Balaban J connectivity index is 1.99. The summed E-state index contributed by atoms with van der Waals surface area (Å²) in [7, 11) is 0. The largest absolute Gasteiger partial charge is 0.416 e. The van der Waals surface area contributed by atoms with Crippen molar-refractivity contribution in [1.82, 2.24) is 5.32 Å². The van der Waals surface area contributed by atoms with Crippen molar-refractivity contribution in [2.75, 3.05) is 0 Å². The molecule has 0 aliphatic heterocycles. The van der Waals surface area contributed by atoms with Gasteiger partial charge < -0.3 is 5.32 Å². The van der Waals surface area contributed by atoms with Gasteiger partial charge in [-0.3, -0.25) is 0 Å². The molecule has 0 aliphatic rings. The Bertz CT molecular complexity index is 593. The second kappa shape index (κ2) is 6.50. The van der Waals surface area contributed by atoms with Crippen LogP contribution in [-0.2, 0) is 12.7 Å². The summed E-state index contributed by atoms with van der Waals surface area (Å²) in [5.74, 6) is 0. The van der Waals surface area contributed by atoms with Crippen LogP contribution in [0.15, 0.2) is 48.5 Å². The first kappa shape index (κ1) is 15.9. The van der Waals surface area contributed by atoms with Crippen LogP contribution < -0.4 is 5.32 Å². The maximum Gasteiger partial charge on any atom is 0.416 e. The van der Waals surface area contributed by atoms with Crippen LogP contribution in [0.25, 0.3) is 0 Å². The number of benzene rings is 2. The van der Waals surface area contributed by atoms with Crippen LogP contribution in [0.3, 0.4) is 0 Å². The fourth-order valence-corrected chi connectivity index (χ4v) is 2.21. The molecule has 5 heteroatoms. The minimum atomic E-state index is -4.30. The van der Waals surface area contributed by atoms with E-state index >= 15 is 0 Å². The molecular weight excluding hydrogens is 299 g/mol. The number of halogens is 4. The molecule has 1 atom stereocenters. The number of rotatable bonds is 4. The van der Waals surface area contributed by atoms with Crippen molar-refractivity contribution < 1.29 is 13.2 Å². The summed E-state index contributed by atoms with van der Waals surface area (Å²) in [6.07, 6.45) is -4.30. The first-order valence-electron chi connectivity index (χ1n) is 6.51.